The van der Waals surface area contributed by atoms with E-state index in [1.165, 1.54) is 6.07 Å². The molecule has 1 amide bonds. The standard InChI is InChI=1S/C9H13N3O2/c1-2-14-5-3-6(9(12)13)8(11)7(10)4-5/h3-4H,2,10-11H2,1H3,(H2,12,13). The van der Waals surface area contributed by atoms with E-state index in [0.29, 0.717) is 18.0 Å². The van der Waals surface area contributed by atoms with Crippen molar-refractivity contribution in [3.63, 3.8) is 0 Å². The number of carbonyl (C=O) groups excluding carboxylic acids is 1. The number of ether oxygens (including phenoxy) is 1. The van der Waals surface area contributed by atoms with Crippen molar-refractivity contribution in [2.24, 2.45) is 5.73 Å². The maximum atomic E-state index is 11.0. The highest BCUT2D eigenvalue weighted by Gasteiger charge is 2.10. The highest BCUT2D eigenvalue weighted by molar-refractivity contribution is 6.01. The number of nitrogens with two attached hydrogens (primary N) is 3. The third-order valence-electron chi connectivity index (χ3n) is 1.76. The van der Waals surface area contributed by atoms with Gasteiger partial charge in [-0.2, -0.15) is 0 Å². The minimum Gasteiger partial charge on any atom is -0.494 e. The normalized spacial score (nSPS) is 9.79. The summed E-state index contributed by atoms with van der Waals surface area (Å²) in [4.78, 5) is 11.0. The van der Waals surface area contributed by atoms with Crippen molar-refractivity contribution in [3.8, 4) is 5.75 Å². The van der Waals surface area contributed by atoms with E-state index in [2.05, 4.69) is 0 Å². The molecular weight excluding hydrogens is 182 g/mol. The Morgan fingerprint density at radius 2 is 2.07 bits per heavy atom. The lowest BCUT2D eigenvalue weighted by molar-refractivity contribution is 0.100. The van der Waals surface area contributed by atoms with Crippen LogP contribution in [0.5, 0.6) is 5.75 Å². The zero-order chi connectivity index (χ0) is 10.7. The fourth-order valence-corrected chi connectivity index (χ4v) is 1.10. The van der Waals surface area contributed by atoms with Gasteiger partial charge in [-0.05, 0) is 13.0 Å². The molecule has 0 spiro atoms. The number of primary amides is 1. The summed E-state index contributed by atoms with van der Waals surface area (Å²) in [5.74, 6) is -0.122. The summed E-state index contributed by atoms with van der Waals surface area (Å²) in [5, 5.41) is 0. The molecule has 0 atom stereocenters. The molecule has 6 N–H and O–H groups in total. The zero-order valence-electron chi connectivity index (χ0n) is 7.91. The Hall–Kier alpha value is -1.91. The average Bonchev–Trinajstić information content (AvgIpc) is 2.11. The summed E-state index contributed by atoms with van der Waals surface area (Å²) >= 11 is 0. The predicted molar refractivity (Wildman–Crippen MR) is 55.0 cm³/mol. The number of hydrogen-bond donors (Lipinski definition) is 3. The number of hydrogen-bond acceptors (Lipinski definition) is 4. The molecule has 1 rings (SSSR count). The Balaban J connectivity index is 3.21. The molecule has 0 unspecified atom stereocenters. The van der Waals surface area contributed by atoms with E-state index in [9.17, 15) is 4.79 Å². The van der Waals surface area contributed by atoms with Crippen LogP contribution in [-0.2, 0) is 0 Å². The van der Waals surface area contributed by atoms with Gasteiger partial charge in [0.25, 0.3) is 5.91 Å². The fourth-order valence-electron chi connectivity index (χ4n) is 1.10. The summed E-state index contributed by atoms with van der Waals surface area (Å²) in [7, 11) is 0. The topological polar surface area (TPSA) is 104 Å². The Labute approximate surface area is 81.8 Å². The number of rotatable bonds is 3. The molecule has 1 aromatic carbocycles. The summed E-state index contributed by atoms with van der Waals surface area (Å²) in [5.41, 5.74) is 16.9. The second kappa shape index (κ2) is 3.87. The zero-order valence-corrected chi connectivity index (χ0v) is 7.91. The molecule has 1 aromatic rings. The second-order valence-corrected chi connectivity index (χ2v) is 2.77. The van der Waals surface area contributed by atoms with E-state index in [-0.39, 0.29) is 11.3 Å². The van der Waals surface area contributed by atoms with Gasteiger partial charge in [0.2, 0.25) is 0 Å². The Bertz CT molecular complexity index is 363. The minimum atomic E-state index is -0.615. The first-order valence-electron chi connectivity index (χ1n) is 4.17. The molecule has 76 valence electrons. The molecule has 0 fully saturated rings. The molecule has 5 heteroatoms. The number of amides is 1. The number of anilines is 2. The first-order chi connectivity index (χ1) is 6.56. The summed E-state index contributed by atoms with van der Waals surface area (Å²) < 4.78 is 5.19. The smallest absolute Gasteiger partial charge is 0.251 e. The van der Waals surface area contributed by atoms with Crippen LogP contribution in [0.25, 0.3) is 0 Å². The SMILES string of the molecule is CCOc1cc(N)c(N)c(C(N)=O)c1. The van der Waals surface area contributed by atoms with E-state index < -0.39 is 5.91 Å². The Morgan fingerprint density at radius 1 is 1.43 bits per heavy atom. The monoisotopic (exact) mass is 195 g/mol. The van der Waals surface area contributed by atoms with Crippen LogP contribution in [0.1, 0.15) is 17.3 Å². The maximum Gasteiger partial charge on any atom is 0.251 e. The van der Waals surface area contributed by atoms with Gasteiger partial charge in [0, 0.05) is 6.07 Å². The van der Waals surface area contributed by atoms with Crippen molar-refractivity contribution < 1.29 is 9.53 Å². The van der Waals surface area contributed by atoms with E-state index >= 15 is 0 Å². The van der Waals surface area contributed by atoms with Crippen LogP contribution in [0.3, 0.4) is 0 Å². The third-order valence-corrected chi connectivity index (χ3v) is 1.76. The van der Waals surface area contributed by atoms with E-state index in [1.807, 2.05) is 6.92 Å². The van der Waals surface area contributed by atoms with Gasteiger partial charge in [0.15, 0.2) is 0 Å². The van der Waals surface area contributed by atoms with Crippen LogP contribution < -0.4 is 21.9 Å². The van der Waals surface area contributed by atoms with Crippen molar-refractivity contribution in [2.75, 3.05) is 18.1 Å². The summed E-state index contributed by atoms with van der Waals surface area (Å²) in [6.45, 7) is 2.32. The van der Waals surface area contributed by atoms with Gasteiger partial charge in [-0.15, -0.1) is 0 Å². The molecule has 0 saturated carbocycles. The molecule has 5 nitrogen and oxygen atoms in total. The van der Waals surface area contributed by atoms with Crippen molar-refractivity contribution in [1.29, 1.82) is 0 Å². The lowest BCUT2D eigenvalue weighted by Crippen LogP contribution is -2.15. The van der Waals surface area contributed by atoms with E-state index in [0.717, 1.165) is 0 Å². The Kier molecular flexibility index (Phi) is 2.81. The van der Waals surface area contributed by atoms with Crippen LogP contribution in [0.4, 0.5) is 11.4 Å². The van der Waals surface area contributed by atoms with Gasteiger partial charge < -0.3 is 21.9 Å². The van der Waals surface area contributed by atoms with Gasteiger partial charge in [-0.25, -0.2) is 0 Å². The molecule has 0 heterocycles. The lowest BCUT2D eigenvalue weighted by atomic mass is 10.1. The largest absolute Gasteiger partial charge is 0.494 e. The van der Waals surface area contributed by atoms with E-state index in [1.54, 1.807) is 6.07 Å². The first-order valence-corrected chi connectivity index (χ1v) is 4.17. The molecule has 0 aromatic heterocycles. The first kappa shape index (κ1) is 10.2. The molecule has 0 aliphatic heterocycles. The summed E-state index contributed by atoms with van der Waals surface area (Å²) in [6.07, 6.45) is 0. The Morgan fingerprint density at radius 3 is 2.57 bits per heavy atom. The van der Waals surface area contributed by atoms with Crippen LogP contribution in [0.15, 0.2) is 12.1 Å². The van der Waals surface area contributed by atoms with Crippen LogP contribution in [0, 0.1) is 0 Å². The van der Waals surface area contributed by atoms with Crippen molar-refractivity contribution in [1.82, 2.24) is 0 Å². The maximum absolute atomic E-state index is 11.0. The van der Waals surface area contributed by atoms with Crippen LogP contribution in [-0.4, -0.2) is 12.5 Å². The molecule has 0 aliphatic carbocycles. The highest BCUT2D eigenvalue weighted by atomic mass is 16.5. The van der Waals surface area contributed by atoms with Gasteiger partial charge >= 0.3 is 0 Å². The molecule has 0 radical (unpaired) electrons. The molecule has 14 heavy (non-hydrogen) atoms. The van der Waals surface area contributed by atoms with E-state index in [4.69, 9.17) is 21.9 Å². The molecular formula is C9H13N3O2. The quantitative estimate of drug-likeness (QED) is 0.605. The predicted octanol–water partition coefficient (Wildman–Crippen LogP) is 0.349. The second-order valence-electron chi connectivity index (χ2n) is 2.77. The third kappa shape index (κ3) is 1.87. The highest BCUT2D eigenvalue weighted by Crippen LogP contribution is 2.26. The van der Waals surface area contributed by atoms with Gasteiger partial charge in [0.1, 0.15) is 5.75 Å². The van der Waals surface area contributed by atoms with Crippen LogP contribution >= 0.6 is 0 Å². The van der Waals surface area contributed by atoms with Gasteiger partial charge in [-0.3, -0.25) is 4.79 Å². The molecule has 0 aliphatic rings. The summed E-state index contributed by atoms with van der Waals surface area (Å²) in [6, 6.07) is 3.04. The lowest BCUT2D eigenvalue weighted by Gasteiger charge is -2.09. The van der Waals surface area contributed by atoms with Crippen molar-refractivity contribution in [2.45, 2.75) is 6.92 Å². The minimum absolute atomic E-state index is 0.188. The molecule has 0 saturated heterocycles. The molecule has 0 bridgehead atoms. The van der Waals surface area contributed by atoms with Crippen LogP contribution in [0.2, 0.25) is 0 Å². The average molecular weight is 195 g/mol. The van der Waals surface area contributed by atoms with Crippen molar-refractivity contribution >= 4 is 17.3 Å². The number of nitrogen functional groups attached to an aromatic ring is 2. The fraction of sp³-hybridized carbons (Fsp3) is 0.222. The number of benzene rings is 1. The number of carbonyl (C=O) groups is 1. The van der Waals surface area contributed by atoms with Gasteiger partial charge in [0.05, 0.1) is 23.5 Å². The van der Waals surface area contributed by atoms with Crippen molar-refractivity contribution in [3.05, 3.63) is 17.7 Å². The van der Waals surface area contributed by atoms with Gasteiger partial charge in [-0.1, -0.05) is 0 Å².